The molecule has 148 valence electrons. The Labute approximate surface area is 162 Å². The highest BCUT2D eigenvalue weighted by Gasteiger charge is 2.48. The number of piperidine rings is 1. The van der Waals surface area contributed by atoms with E-state index < -0.39 is 10.0 Å². The lowest BCUT2D eigenvalue weighted by molar-refractivity contribution is -0.131. The fourth-order valence-corrected chi connectivity index (χ4v) is 5.43. The zero-order chi connectivity index (χ0) is 19.0. The third-order valence-electron chi connectivity index (χ3n) is 6.02. The van der Waals surface area contributed by atoms with Crippen molar-refractivity contribution in [2.24, 2.45) is 5.92 Å². The van der Waals surface area contributed by atoms with Crippen molar-refractivity contribution in [3.8, 4) is 0 Å². The van der Waals surface area contributed by atoms with Crippen LogP contribution >= 0.6 is 0 Å². The molecular formula is C20H29N3O3S. The lowest BCUT2D eigenvalue weighted by Crippen LogP contribution is -2.38. The number of hydrogen-bond acceptors (Lipinski definition) is 4. The van der Waals surface area contributed by atoms with Gasteiger partial charge in [-0.1, -0.05) is 18.2 Å². The second kappa shape index (κ2) is 7.43. The molecule has 1 aromatic rings. The first kappa shape index (κ1) is 18.7. The Balaban J connectivity index is 1.41. The van der Waals surface area contributed by atoms with Gasteiger partial charge < -0.3 is 9.80 Å². The van der Waals surface area contributed by atoms with Crippen LogP contribution in [0.3, 0.4) is 0 Å². The van der Waals surface area contributed by atoms with E-state index in [-0.39, 0.29) is 17.9 Å². The molecule has 6 nitrogen and oxygen atoms in total. The molecule has 3 atom stereocenters. The molecule has 1 amide bonds. The van der Waals surface area contributed by atoms with Crippen LogP contribution in [0.25, 0.3) is 0 Å². The molecule has 0 aromatic heterocycles. The van der Waals surface area contributed by atoms with E-state index in [4.69, 9.17) is 0 Å². The third-order valence-corrected chi connectivity index (χ3v) is 6.78. The van der Waals surface area contributed by atoms with Gasteiger partial charge in [0.05, 0.1) is 6.26 Å². The van der Waals surface area contributed by atoms with Crippen LogP contribution in [-0.2, 0) is 14.8 Å². The summed E-state index contributed by atoms with van der Waals surface area (Å²) in [5.74, 6) is 0.539. The first-order chi connectivity index (χ1) is 12.9. The summed E-state index contributed by atoms with van der Waals surface area (Å²) in [5, 5.41) is 0. The quantitative estimate of drug-likeness (QED) is 0.833. The molecule has 3 fully saturated rings. The van der Waals surface area contributed by atoms with Crippen molar-refractivity contribution in [1.29, 1.82) is 0 Å². The lowest BCUT2D eigenvalue weighted by Gasteiger charge is -2.30. The summed E-state index contributed by atoms with van der Waals surface area (Å²) in [7, 11) is -3.23. The Kier molecular flexibility index (Phi) is 5.16. The number of anilines is 1. The number of sulfonamides is 1. The van der Waals surface area contributed by atoms with Gasteiger partial charge in [-0.15, -0.1) is 0 Å². The second-order valence-corrected chi connectivity index (χ2v) is 10.00. The molecule has 1 aromatic carbocycles. The lowest BCUT2D eigenvalue weighted by atomic mass is 10.0. The monoisotopic (exact) mass is 391 g/mol. The summed E-state index contributed by atoms with van der Waals surface area (Å²) >= 11 is 0. The summed E-state index contributed by atoms with van der Waals surface area (Å²) in [6.07, 6.45) is 6.56. The van der Waals surface area contributed by atoms with Crippen LogP contribution in [0.4, 0.5) is 5.69 Å². The smallest absolute Gasteiger partial charge is 0.226 e. The number of hydrogen-bond donors (Lipinski definition) is 1. The SMILES string of the molecule is CS(=O)(=O)NC1CCN(C(=O)C2CC2c2ccccc2N2CCCCC2)C1. The van der Waals surface area contributed by atoms with Crippen molar-refractivity contribution in [3.63, 3.8) is 0 Å². The number of para-hydroxylation sites is 1. The van der Waals surface area contributed by atoms with E-state index >= 15 is 0 Å². The maximum atomic E-state index is 12.9. The number of amides is 1. The van der Waals surface area contributed by atoms with Crippen molar-refractivity contribution in [2.75, 3.05) is 37.3 Å². The molecule has 1 saturated carbocycles. The van der Waals surface area contributed by atoms with Crippen LogP contribution in [0.1, 0.15) is 43.6 Å². The standard InChI is InChI=1S/C20H29N3O3S/c1-27(25,26)21-15-9-12-23(14-15)20(24)18-13-17(18)16-7-3-4-8-19(16)22-10-5-2-6-11-22/h3-4,7-8,15,17-18,21H,2,5-6,9-14H2,1H3. The molecule has 7 heteroatoms. The van der Waals surface area contributed by atoms with Crippen molar-refractivity contribution >= 4 is 21.6 Å². The Morgan fingerprint density at radius 1 is 1.11 bits per heavy atom. The summed E-state index contributed by atoms with van der Waals surface area (Å²) in [5.41, 5.74) is 2.61. The molecule has 3 unspecified atom stereocenters. The molecule has 27 heavy (non-hydrogen) atoms. The first-order valence-electron chi connectivity index (χ1n) is 10.0. The average Bonchev–Trinajstić information content (AvgIpc) is 3.32. The highest BCUT2D eigenvalue weighted by atomic mass is 32.2. The van der Waals surface area contributed by atoms with Crippen molar-refractivity contribution in [2.45, 2.75) is 44.1 Å². The maximum Gasteiger partial charge on any atom is 0.226 e. The Bertz CT molecular complexity index is 804. The normalized spacial score (nSPS) is 28.4. The second-order valence-electron chi connectivity index (χ2n) is 8.22. The summed E-state index contributed by atoms with van der Waals surface area (Å²) < 4.78 is 25.5. The van der Waals surface area contributed by atoms with Crippen LogP contribution in [0.15, 0.2) is 24.3 Å². The first-order valence-corrected chi connectivity index (χ1v) is 11.9. The van der Waals surface area contributed by atoms with Crippen LogP contribution < -0.4 is 9.62 Å². The molecule has 4 rings (SSSR count). The number of carbonyl (C=O) groups is 1. The van der Waals surface area contributed by atoms with Gasteiger partial charge in [-0.2, -0.15) is 0 Å². The van der Waals surface area contributed by atoms with Crippen LogP contribution in [0.2, 0.25) is 0 Å². The van der Waals surface area contributed by atoms with E-state index in [9.17, 15) is 13.2 Å². The van der Waals surface area contributed by atoms with Gasteiger partial charge >= 0.3 is 0 Å². The number of benzene rings is 1. The Morgan fingerprint density at radius 3 is 2.59 bits per heavy atom. The number of rotatable bonds is 5. The molecule has 2 heterocycles. The predicted octanol–water partition coefficient (Wildman–Crippen LogP) is 1.93. The zero-order valence-corrected chi connectivity index (χ0v) is 16.7. The number of carbonyl (C=O) groups excluding carboxylic acids is 1. The van der Waals surface area contributed by atoms with Gasteiger partial charge in [0.1, 0.15) is 0 Å². The van der Waals surface area contributed by atoms with Crippen LogP contribution in [0.5, 0.6) is 0 Å². The van der Waals surface area contributed by atoms with E-state index in [1.54, 1.807) is 0 Å². The van der Waals surface area contributed by atoms with E-state index in [1.165, 1.54) is 36.8 Å². The van der Waals surface area contributed by atoms with Gasteiger partial charge in [-0.05, 0) is 49.7 Å². The van der Waals surface area contributed by atoms with E-state index in [1.807, 2.05) is 4.90 Å². The fraction of sp³-hybridized carbons (Fsp3) is 0.650. The van der Waals surface area contributed by atoms with Crippen LogP contribution in [0, 0.1) is 5.92 Å². The number of nitrogens with zero attached hydrogens (tertiary/aromatic N) is 2. The largest absolute Gasteiger partial charge is 0.371 e. The Hall–Kier alpha value is -1.60. The summed E-state index contributed by atoms with van der Waals surface area (Å²) in [6.45, 7) is 3.34. The number of nitrogens with one attached hydrogen (secondary N) is 1. The van der Waals surface area contributed by atoms with Gasteiger partial charge in [0.2, 0.25) is 15.9 Å². The van der Waals surface area contributed by atoms with Gasteiger partial charge in [-0.25, -0.2) is 13.1 Å². The van der Waals surface area contributed by atoms with Crippen molar-refractivity contribution in [3.05, 3.63) is 29.8 Å². The Morgan fingerprint density at radius 2 is 1.85 bits per heavy atom. The molecule has 0 radical (unpaired) electrons. The minimum Gasteiger partial charge on any atom is -0.371 e. The van der Waals surface area contributed by atoms with E-state index in [0.717, 1.165) is 19.5 Å². The average molecular weight is 392 g/mol. The number of likely N-dealkylation sites (tertiary alicyclic amines) is 1. The highest BCUT2D eigenvalue weighted by Crippen LogP contribution is 2.51. The van der Waals surface area contributed by atoms with Gasteiger partial charge in [0, 0.05) is 43.8 Å². The van der Waals surface area contributed by atoms with Crippen molar-refractivity contribution in [1.82, 2.24) is 9.62 Å². The van der Waals surface area contributed by atoms with E-state index in [2.05, 4.69) is 33.9 Å². The summed E-state index contributed by atoms with van der Waals surface area (Å²) in [6, 6.07) is 8.39. The summed E-state index contributed by atoms with van der Waals surface area (Å²) in [4.78, 5) is 17.2. The molecular weight excluding hydrogens is 362 g/mol. The molecule has 1 aliphatic carbocycles. The highest BCUT2D eigenvalue weighted by molar-refractivity contribution is 7.88. The zero-order valence-electron chi connectivity index (χ0n) is 15.9. The van der Waals surface area contributed by atoms with E-state index in [0.29, 0.717) is 25.4 Å². The third kappa shape index (κ3) is 4.29. The molecule has 1 N–H and O–H groups in total. The predicted molar refractivity (Wildman–Crippen MR) is 106 cm³/mol. The van der Waals surface area contributed by atoms with Gasteiger partial charge in [0.25, 0.3) is 0 Å². The molecule has 2 aliphatic heterocycles. The maximum absolute atomic E-state index is 12.9. The molecule has 3 aliphatic rings. The van der Waals surface area contributed by atoms with Crippen molar-refractivity contribution < 1.29 is 13.2 Å². The minimum atomic E-state index is -3.23. The fourth-order valence-electron chi connectivity index (χ4n) is 4.63. The van der Waals surface area contributed by atoms with Gasteiger partial charge in [0.15, 0.2) is 0 Å². The minimum absolute atomic E-state index is 0.0490. The topological polar surface area (TPSA) is 69.7 Å². The molecule has 2 saturated heterocycles. The van der Waals surface area contributed by atoms with Gasteiger partial charge in [-0.3, -0.25) is 4.79 Å². The van der Waals surface area contributed by atoms with Crippen LogP contribution in [-0.4, -0.2) is 57.7 Å². The molecule has 0 bridgehead atoms. The molecule has 0 spiro atoms.